The molecule has 0 aliphatic carbocycles. The highest BCUT2D eigenvalue weighted by molar-refractivity contribution is 6.32. The van der Waals surface area contributed by atoms with Crippen LogP contribution in [0.5, 0.6) is 5.75 Å². The fraction of sp³-hybridized carbons (Fsp3) is 0.250. The number of nitrogens with one attached hydrogen (secondary N) is 1. The Balaban J connectivity index is 1.84. The summed E-state index contributed by atoms with van der Waals surface area (Å²) in [6.45, 7) is 5.56. The van der Waals surface area contributed by atoms with Crippen molar-refractivity contribution in [3.05, 3.63) is 58.6 Å². The first-order valence-corrected chi connectivity index (χ1v) is 6.73. The van der Waals surface area contributed by atoms with E-state index in [1.807, 2.05) is 24.3 Å². The number of anilines is 1. The van der Waals surface area contributed by atoms with Gasteiger partial charge in [0.2, 0.25) is 0 Å². The van der Waals surface area contributed by atoms with Gasteiger partial charge in [0.25, 0.3) is 0 Å². The van der Waals surface area contributed by atoms with Gasteiger partial charge in [0, 0.05) is 12.2 Å². The van der Waals surface area contributed by atoms with Gasteiger partial charge in [-0.2, -0.15) is 0 Å². The minimum Gasteiger partial charge on any atom is -0.490 e. The van der Waals surface area contributed by atoms with Crippen molar-refractivity contribution in [2.45, 2.75) is 13.8 Å². The summed E-state index contributed by atoms with van der Waals surface area (Å²) in [7, 11) is 0. The van der Waals surface area contributed by atoms with Crippen molar-refractivity contribution >= 4 is 17.3 Å². The van der Waals surface area contributed by atoms with Crippen molar-refractivity contribution in [1.29, 1.82) is 0 Å². The van der Waals surface area contributed by atoms with Crippen molar-refractivity contribution in [2.75, 3.05) is 18.5 Å². The highest BCUT2D eigenvalue weighted by Gasteiger charge is 2.01. The van der Waals surface area contributed by atoms with Gasteiger partial charge < -0.3 is 10.1 Å². The molecule has 3 heteroatoms. The van der Waals surface area contributed by atoms with Gasteiger partial charge >= 0.3 is 0 Å². The number of hydrogen-bond acceptors (Lipinski definition) is 2. The second-order valence-electron chi connectivity index (χ2n) is 4.45. The van der Waals surface area contributed by atoms with Crippen LogP contribution in [0.25, 0.3) is 0 Å². The Kier molecular flexibility index (Phi) is 4.69. The summed E-state index contributed by atoms with van der Waals surface area (Å²) in [6.07, 6.45) is 0. The van der Waals surface area contributed by atoms with E-state index < -0.39 is 0 Å². The van der Waals surface area contributed by atoms with Gasteiger partial charge in [0.15, 0.2) is 0 Å². The van der Waals surface area contributed by atoms with E-state index in [-0.39, 0.29) is 0 Å². The summed E-state index contributed by atoms with van der Waals surface area (Å²) in [4.78, 5) is 0. The molecule has 0 aromatic heterocycles. The lowest BCUT2D eigenvalue weighted by Crippen LogP contribution is -2.12. The second-order valence-corrected chi connectivity index (χ2v) is 4.86. The Morgan fingerprint density at radius 1 is 1.05 bits per heavy atom. The molecule has 19 heavy (non-hydrogen) atoms. The van der Waals surface area contributed by atoms with Gasteiger partial charge in [0.1, 0.15) is 12.4 Å². The Bertz CT molecular complexity index is 554. The zero-order valence-electron chi connectivity index (χ0n) is 11.2. The molecule has 2 aromatic rings. The van der Waals surface area contributed by atoms with Gasteiger partial charge in [-0.3, -0.25) is 0 Å². The third-order valence-corrected chi connectivity index (χ3v) is 3.43. The molecule has 0 atom stereocenters. The molecule has 0 radical (unpaired) electrons. The number of hydrogen-bond donors (Lipinski definition) is 1. The molecule has 0 aliphatic heterocycles. The summed E-state index contributed by atoms with van der Waals surface area (Å²) >= 11 is 6.02. The first-order chi connectivity index (χ1) is 9.18. The van der Waals surface area contributed by atoms with Crippen molar-refractivity contribution in [3.8, 4) is 5.75 Å². The third kappa shape index (κ3) is 3.65. The largest absolute Gasteiger partial charge is 0.490 e. The predicted molar refractivity (Wildman–Crippen MR) is 81.4 cm³/mol. The highest BCUT2D eigenvalue weighted by atomic mass is 35.5. The molecule has 2 nitrogen and oxygen atoms in total. The van der Waals surface area contributed by atoms with Crippen molar-refractivity contribution in [2.24, 2.45) is 0 Å². The van der Waals surface area contributed by atoms with E-state index in [1.165, 1.54) is 11.1 Å². The van der Waals surface area contributed by atoms with Crippen molar-refractivity contribution < 1.29 is 4.74 Å². The first kappa shape index (κ1) is 13.8. The number of rotatable bonds is 5. The topological polar surface area (TPSA) is 21.3 Å². The van der Waals surface area contributed by atoms with Crippen LogP contribution in [0.15, 0.2) is 42.5 Å². The van der Waals surface area contributed by atoms with Gasteiger partial charge in [-0.15, -0.1) is 0 Å². The molecule has 0 fully saturated rings. The lowest BCUT2D eigenvalue weighted by Gasteiger charge is -2.12. The maximum Gasteiger partial charge on any atom is 0.137 e. The Morgan fingerprint density at radius 2 is 1.84 bits per heavy atom. The van der Waals surface area contributed by atoms with Crippen LogP contribution in [0.2, 0.25) is 5.02 Å². The lowest BCUT2D eigenvalue weighted by atomic mass is 10.1. The monoisotopic (exact) mass is 275 g/mol. The number of aryl methyl sites for hydroxylation is 1. The van der Waals surface area contributed by atoms with E-state index in [9.17, 15) is 0 Å². The average molecular weight is 276 g/mol. The molecule has 100 valence electrons. The number of halogens is 1. The molecule has 0 amide bonds. The fourth-order valence-corrected chi connectivity index (χ4v) is 2.04. The molecular weight excluding hydrogens is 258 g/mol. The van der Waals surface area contributed by atoms with E-state index in [4.69, 9.17) is 16.3 Å². The molecule has 0 aliphatic rings. The Morgan fingerprint density at radius 3 is 2.63 bits per heavy atom. The van der Waals surface area contributed by atoms with Gasteiger partial charge in [0.05, 0.1) is 5.02 Å². The van der Waals surface area contributed by atoms with E-state index >= 15 is 0 Å². The standard InChI is InChI=1S/C16H18ClNO/c1-12-6-5-8-15(13(12)2)18-10-11-19-16-9-4-3-7-14(16)17/h3-9,18H,10-11H2,1-2H3. The van der Waals surface area contributed by atoms with Gasteiger partial charge in [-0.1, -0.05) is 35.9 Å². The Hall–Kier alpha value is -1.67. The van der Waals surface area contributed by atoms with Crippen molar-refractivity contribution in [1.82, 2.24) is 0 Å². The number of para-hydroxylation sites is 1. The summed E-state index contributed by atoms with van der Waals surface area (Å²) in [5.41, 5.74) is 3.72. The zero-order chi connectivity index (χ0) is 13.7. The molecule has 0 heterocycles. The summed E-state index contributed by atoms with van der Waals surface area (Å²) in [5.74, 6) is 0.729. The van der Waals surface area contributed by atoms with Crippen LogP contribution in [0.3, 0.4) is 0 Å². The summed E-state index contributed by atoms with van der Waals surface area (Å²) in [6, 6.07) is 13.8. The quantitative estimate of drug-likeness (QED) is 0.814. The van der Waals surface area contributed by atoms with Crippen LogP contribution in [-0.4, -0.2) is 13.2 Å². The fourth-order valence-electron chi connectivity index (χ4n) is 1.85. The average Bonchev–Trinajstić information content (AvgIpc) is 2.41. The summed E-state index contributed by atoms with van der Waals surface area (Å²) < 4.78 is 5.63. The first-order valence-electron chi connectivity index (χ1n) is 6.36. The smallest absolute Gasteiger partial charge is 0.137 e. The predicted octanol–water partition coefficient (Wildman–Crippen LogP) is 4.45. The van der Waals surface area contributed by atoms with Crippen LogP contribution in [0, 0.1) is 13.8 Å². The minimum absolute atomic E-state index is 0.580. The molecule has 0 saturated heterocycles. The molecule has 2 aromatic carbocycles. The zero-order valence-corrected chi connectivity index (χ0v) is 12.0. The van der Waals surface area contributed by atoms with Gasteiger partial charge in [-0.25, -0.2) is 0 Å². The highest BCUT2D eigenvalue weighted by Crippen LogP contribution is 2.23. The maximum atomic E-state index is 6.02. The normalized spacial score (nSPS) is 10.3. The van der Waals surface area contributed by atoms with Crippen LogP contribution < -0.4 is 10.1 Å². The second kappa shape index (κ2) is 6.48. The molecule has 0 saturated carbocycles. The molecule has 2 rings (SSSR count). The van der Waals surface area contributed by atoms with E-state index in [0.29, 0.717) is 11.6 Å². The number of ether oxygens (including phenoxy) is 1. The van der Waals surface area contributed by atoms with Crippen molar-refractivity contribution in [3.63, 3.8) is 0 Å². The molecule has 0 spiro atoms. The van der Waals surface area contributed by atoms with Crippen LogP contribution >= 0.6 is 11.6 Å². The molecular formula is C16H18ClNO. The van der Waals surface area contributed by atoms with Gasteiger partial charge in [-0.05, 0) is 43.2 Å². The Labute approximate surface area is 119 Å². The third-order valence-electron chi connectivity index (χ3n) is 3.12. The van der Waals surface area contributed by atoms with E-state index in [0.717, 1.165) is 18.0 Å². The number of benzene rings is 2. The SMILES string of the molecule is Cc1cccc(NCCOc2ccccc2Cl)c1C. The molecule has 0 bridgehead atoms. The van der Waals surface area contributed by atoms with Crippen LogP contribution in [0.4, 0.5) is 5.69 Å². The lowest BCUT2D eigenvalue weighted by molar-refractivity contribution is 0.333. The minimum atomic E-state index is 0.580. The summed E-state index contributed by atoms with van der Waals surface area (Å²) in [5, 5.41) is 4.02. The van der Waals surface area contributed by atoms with Crippen LogP contribution in [-0.2, 0) is 0 Å². The molecule has 1 N–H and O–H groups in total. The van der Waals surface area contributed by atoms with Crippen LogP contribution in [0.1, 0.15) is 11.1 Å². The van der Waals surface area contributed by atoms with E-state index in [2.05, 4.69) is 37.4 Å². The maximum absolute atomic E-state index is 6.02. The van der Waals surface area contributed by atoms with E-state index in [1.54, 1.807) is 0 Å². The molecule has 0 unspecified atom stereocenters.